The zero-order valence-corrected chi connectivity index (χ0v) is 15.5. The predicted octanol–water partition coefficient (Wildman–Crippen LogP) is 2.60. The number of halogens is 1. The molecule has 0 unspecified atom stereocenters. The van der Waals surface area contributed by atoms with Gasteiger partial charge in [0.2, 0.25) is 5.91 Å². The van der Waals surface area contributed by atoms with Gasteiger partial charge in [-0.05, 0) is 18.9 Å². The summed E-state index contributed by atoms with van der Waals surface area (Å²) in [5, 5.41) is 16.0. The molecule has 2 aromatic rings. The summed E-state index contributed by atoms with van der Waals surface area (Å²) in [6.07, 6.45) is 2.24. The van der Waals surface area contributed by atoms with Crippen LogP contribution in [0.1, 0.15) is 18.4 Å². The van der Waals surface area contributed by atoms with E-state index in [-0.39, 0.29) is 5.91 Å². The van der Waals surface area contributed by atoms with Crippen molar-refractivity contribution in [2.45, 2.75) is 25.4 Å². The minimum Gasteiger partial charge on any atom is -0.507 e. The fraction of sp³-hybridized carbons (Fsp3) is 0.450. The number of rotatable bonds is 5. The number of fused-ring (bicyclic) bond motifs is 1. The Labute approximate surface area is 158 Å². The molecule has 2 aromatic carbocycles. The molecule has 1 amide bonds. The largest absolute Gasteiger partial charge is 0.507 e. The molecule has 0 bridgehead atoms. The molecular weight excluding hydrogens is 350 g/mol. The van der Waals surface area contributed by atoms with Gasteiger partial charge in [-0.15, -0.1) is 0 Å². The van der Waals surface area contributed by atoms with Crippen molar-refractivity contribution in [1.82, 2.24) is 15.1 Å². The van der Waals surface area contributed by atoms with Gasteiger partial charge in [0.05, 0.1) is 6.54 Å². The third kappa shape index (κ3) is 3.95. The first-order valence-electron chi connectivity index (χ1n) is 9.23. The number of hydrogen-bond acceptors (Lipinski definition) is 4. The minimum atomic E-state index is 0.139. The van der Waals surface area contributed by atoms with Crippen molar-refractivity contribution in [2.24, 2.45) is 0 Å². The molecule has 0 aromatic heterocycles. The number of nitrogens with zero attached hydrogens (tertiary/aromatic N) is 2. The number of piperazine rings is 1. The van der Waals surface area contributed by atoms with Crippen LogP contribution in [0.5, 0.6) is 5.75 Å². The van der Waals surface area contributed by atoms with Gasteiger partial charge in [-0.3, -0.25) is 14.6 Å². The Morgan fingerprint density at radius 1 is 1.12 bits per heavy atom. The highest BCUT2D eigenvalue weighted by Gasteiger charge is 2.25. The third-order valence-corrected chi connectivity index (χ3v) is 5.53. The maximum absolute atomic E-state index is 11.9. The maximum Gasteiger partial charge on any atom is 0.234 e. The molecule has 2 aliphatic rings. The Kier molecular flexibility index (Phi) is 5.02. The molecular formula is C20H24ClN3O2. The van der Waals surface area contributed by atoms with Gasteiger partial charge in [0, 0.05) is 60.1 Å². The van der Waals surface area contributed by atoms with Crippen LogP contribution < -0.4 is 5.32 Å². The summed E-state index contributed by atoms with van der Waals surface area (Å²) in [4.78, 5) is 16.4. The van der Waals surface area contributed by atoms with Gasteiger partial charge in [0.25, 0.3) is 0 Å². The topological polar surface area (TPSA) is 55.8 Å². The highest BCUT2D eigenvalue weighted by atomic mass is 35.5. The molecule has 0 radical (unpaired) electrons. The fourth-order valence-corrected chi connectivity index (χ4v) is 3.84. The van der Waals surface area contributed by atoms with E-state index < -0.39 is 0 Å². The summed E-state index contributed by atoms with van der Waals surface area (Å²) < 4.78 is 0. The molecule has 1 aliphatic carbocycles. The van der Waals surface area contributed by atoms with Crippen molar-refractivity contribution in [3.05, 3.63) is 40.9 Å². The maximum atomic E-state index is 11.9. The van der Waals surface area contributed by atoms with Gasteiger partial charge >= 0.3 is 0 Å². The normalized spacial score (nSPS) is 19.0. The fourth-order valence-electron chi connectivity index (χ4n) is 3.54. The summed E-state index contributed by atoms with van der Waals surface area (Å²) in [6, 6.07) is 9.95. The van der Waals surface area contributed by atoms with E-state index in [4.69, 9.17) is 11.6 Å². The predicted molar refractivity (Wildman–Crippen MR) is 104 cm³/mol. The van der Waals surface area contributed by atoms with Gasteiger partial charge in [0.1, 0.15) is 5.75 Å². The van der Waals surface area contributed by atoms with Crippen LogP contribution in [0.4, 0.5) is 0 Å². The average molecular weight is 374 g/mol. The highest BCUT2D eigenvalue weighted by Crippen LogP contribution is 2.35. The molecule has 5 nitrogen and oxygen atoms in total. The van der Waals surface area contributed by atoms with Crippen molar-refractivity contribution in [2.75, 3.05) is 32.7 Å². The lowest BCUT2D eigenvalue weighted by molar-refractivity contribution is -0.122. The number of phenols is 1. The number of phenolic OH excluding ortho intramolecular Hbond substituents is 1. The van der Waals surface area contributed by atoms with E-state index in [0.717, 1.165) is 55.4 Å². The van der Waals surface area contributed by atoms with Crippen LogP contribution in [-0.4, -0.2) is 59.6 Å². The van der Waals surface area contributed by atoms with E-state index >= 15 is 0 Å². The third-order valence-electron chi connectivity index (χ3n) is 5.21. The zero-order valence-electron chi connectivity index (χ0n) is 14.7. The molecule has 2 fully saturated rings. The lowest BCUT2D eigenvalue weighted by Crippen LogP contribution is -2.49. The molecule has 1 aliphatic heterocycles. The molecule has 138 valence electrons. The number of carbonyl (C=O) groups excluding carboxylic acids is 1. The first-order valence-corrected chi connectivity index (χ1v) is 9.61. The number of benzene rings is 2. The SMILES string of the molecule is O=C(CN1CCN(Cc2cc(Cl)c3ccccc3c2O)CC1)NC1CC1. The van der Waals surface area contributed by atoms with Crippen LogP contribution in [0, 0.1) is 0 Å². The molecule has 0 spiro atoms. The monoisotopic (exact) mass is 373 g/mol. The molecule has 1 saturated heterocycles. The van der Waals surface area contributed by atoms with Crippen LogP contribution in [0.15, 0.2) is 30.3 Å². The molecule has 6 heteroatoms. The highest BCUT2D eigenvalue weighted by molar-refractivity contribution is 6.35. The summed E-state index contributed by atoms with van der Waals surface area (Å²) in [6.45, 7) is 4.62. The standard InChI is InChI=1S/C20H24ClN3O2/c21-18-11-14(20(26)17-4-2-1-3-16(17)18)12-23-7-9-24(10-8-23)13-19(25)22-15-5-6-15/h1-4,11,15,26H,5-10,12-13H2,(H,22,25). The van der Waals surface area contributed by atoms with E-state index in [1.54, 1.807) is 0 Å². The Hall–Kier alpha value is -1.82. The smallest absolute Gasteiger partial charge is 0.234 e. The van der Waals surface area contributed by atoms with E-state index in [1.165, 1.54) is 0 Å². The zero-order chi connectivity index (χ0) is 18.1. The van der Waals surface area contributed by atoms with Gasteiger partial charge in [0.15, 0.2) is 0 Å². The first-order chi connectivity index (χ1) is 12.6. The van der Waals surface area contributed by atoms with Crippen LogP contribution in [-0.2, 0) is 11.3 Å². The average Bonchev–Trinajstić information content (AvgIpc) is 3.45. The summed E-state index contributed by atoms with van der Waals surface area (Å²) >= 11 is 6.40. The van der Waals surface area contributed by atoms with Crippen LogP contribution in [0.3, 0.4) is 0 Å². The number of aromatic hydroxyl groups is 1. The van der Waals surface area contributed by atoms with Crippen molar-refractivity contribution >= 4 is 28.3 Å². The summed E-state index contributed by atoms with van der Waals surface area (Å²) in [5.74, 6) is 0.455. The number of hydrogen-bond donors (Lipinski definition) is 2. The quantitative estimate of drug-likeness (QED) is 0.845. The first kappa shape index (κ1) is 17.6. The van der Waals surface area contributed by atoms with Crippen molar-refractivity contribution in [3.8, 4) is 5.75 Å². The summed E-state index contributed by atoms with van der Waals surface area (Å²) in [5.41, 5.74) is 0.855. The van der Waals surface area contributed by atoms with E-state index in [0.29, 0.717) is 29.9 Å². The molecule has 4 rings (SSSR count). The van der Waals surface area contributed by atoms with Gasteiger partial charge in [-0.1, -0.05) is 35.9 Å². The van der Waals surface area contributed by atoms with E-state index in [2.05, 4.69) is 15.1 Å². The Morgan fingerprint density at radius 2 is 1.77 bits per heavy atom. The van der Waals surface area contributed by atoms with Gasteiger partial charge < -0.3 is 10.4 Å². The van der Waals surface area contributed by atoms with Crippen molar-refractivity contribution in [1.29, 1.82) is 0 Å². The second kappa shape index (κ2) is 7.43. The van der Waals surface area contributed by atoms with Gasteiger partial charge in [-0.2, -0.15) is 0 Å². The number of carbonyl (C=O) groups is 1. The Bertz CT molecular complexity index is 814. The van der Waals surface area contributed by atoms with Crippen LogP contribution in [0.25, 0.3) is 10.8 Å². The molecule has 2 N–H and O–H groups in total. The Balaban J connectivity index is 1.36. The molecule has 1 heterocycles. The molecule has 26 heavy (non-hydrogen) atoms. The van der Waals surface area contributed by atoms with Crippen molar-refractivity contribution in [3.63, 3.8) is 0 Å². The second-order valence-corrected chi connectivity index (χ2v) is 7.71. The Morgan fingerprint density at radius 3 is 2.46 bits per heavy atom. The van der Waals surface area contributed by atoms with E-state index in [9.17, 15) is 9.90 Å². The lowest BCUT2D eigenvalue weighted by atomic mass is 10.0. The number of amides is 1. The summed E-state index contributed by atoms with van der Waals surface area (Å²) in [7, 11) is 0. The van der Waals surface area contributed by atoms with Gasteiger partial charge in [-0.25, -0.2) is 0 Å². The lowest BCUT2D eigenvalue weighted by Gasteiger charge is -2.34. The van der Waals surface area contributed by atoms with Crippen LogP contribution in [0.2, 0.25) is 5.02 Å². The number of nitrogens with one attached hydrogen (secondary N) is 1. The second-order valence-electron chi connectivity index (χ2n) is 7.31. The molecule has 1 saturated carbocycles. The van der Waals surface area contributed by atoms with Crippen molar-refractivity contribution < 1.29 is 9.90 Å². The van der Waals surface area contributed by atoms with Crippen LogP contribution >= 0.6 is 11.6 Å². The van der Waals surface area contributed by atoms with E-state index in [1.807, 2.05) is 30.3 Å². The minimum absolute atomic E-state index is 0.139. The molecule has 0 atom stereocenters.